The lowest BCUT2D eigenvalue weighted by Gasteiger charge is -2.37. The molecule has 93 heavy (non-hydrogen) atoms. The van der Waals surface area contributed by atoms with Gasteiger partial charge in [-0.05, 0) is 78.7 Å². The van der Waals surface area contributed by atoms with Crippen LogP contribution < -0.4 is 25.3 Å². The first-order chi connectivity index (χ1) is 45.3. The number of nitrogens with one attached hydrogen (secondary N) is 2. The van der Waals surface area contributed by atoms with Gasteiger partial charge in [0.1, 0.15) is 22.9 Å². The number of halogens is 2. The zero-order chi connectivity index (χ0) is 65.1. The molecule has 24 nitrogen and oxygen atoms in total. The molecule has 0 radical (unpaired) electrons. The third kappa shape index (κ3) is 17.8. The number of morpholine rings is 2. The lowest BCUT2D eigenvalue weighted by molar-refractivity contribution is -0.130. The van der Waals surface area contributed by atoms with E-state index < -0.39 is 5.82 Å². The molecule has 3 saturated heterocycles. The Hall–Kier alpha value is -7.98. The second kappa shape index (κ2) is 33.7. The van der Waals surface area contributed by atoms with Gasteiger partial charge in [-0.3, -0.25) is 14.4 Å². The lowest BCUT2D eigenvalue weighted by atomic mass is 9.96. The summed E-state index contributed by atoms with van der Waals surface area (Å²) in [5.74, 6) is 0.736. The van der Waals surface area contributed by atoms with Crippen LogP contribution in [0.1, 0.15) is 30.6 Å². The Balaban J connectivity index is 0.557. The normalized spacial score (nSPS) is 16.1. The number of aromatic hydroxyl groups is 1. The zero-order valence-corrected chi connectivity index (χ0v) is 53.8. The van der Waals surface area contributed by atoms with E-state index in [1.54, 1.807) is 35.0 Å². The van der Waals surface area contributed by atoms with Crippen molar-refractivity contribution in [1.82, 2.24) is 40.0 Å². The minimum absolute atomic E-state index is 0.00826. The summed E-state index contributed by atoms with van der Waals surface area (Å²) in [7, 11) is 1.69. The first-order valence-corrected chi connectivity index (χ1v) is 32.0. The summed E-state index contributed by atoms with van der Waals surface area (Å²) >= 11 is 6.89. The molecule has 2 atom stereocenters. The second-order valence-electron chi connectivity index (χ2n) is 22.7. The van der Waals surface area contributed by atoms with Crippen molar-refractivity contribution in [3.05, 3.63) is 108 Å². The molecule has 3 aliphatic rings. The molecule has 10 rings (SSSR count). The fourth-order valence-electron chi connectivity index (χ4n) is 11.2. The van der Waals surface area contributed by atoms with Crippen molar-refractivity contribution in [2.75, 3.05) is 192 Å². The van der Waals surface area contributed by atoms with Crippen molar-refractivity contribution in [1.29, 1.82) is 0 Å². The number of carbonyl (C=O) groups excluding carboxylic acids is 3. The molecular formula is C67H82ClFN12O12. The maximum atomic E-state index is 17.0. The number of nitrogens with zero attached hydrogens (tertiary/aromatic N) is 10. The number of ether oxygens (including phenoxy) is 8. The lowest BCUT2D eigenvalue weighted by Crippen LogP contribution is -2.48. The van der Waals surface area contributed by atoms with Crippen molar-refractivity contribution < 1.29 is 61.8 Å². The third-order valence-corrected chi connectivity index (χ3v) is 16.6. The van der Waals surface area contributed by atoms with E-state index in [1.165, 1.54) is 12.1 Å². The van der Waals surface area contributed by atoms with E-state index in [9.17, 15) is 19.5 Å². The summed E-state index contributed by atoms with van der Waals surface area (Å²) in [5, 5.41) is 19.5. The number of aromatic nitrogens is 5. The molecule has 3 aliphatic heterocycles. The minimum Gasteiger partial charge on any atom is -0.508 e. The number of carbonyl (C=O) groups is 3. The molecule has 0 aliphatic carbocycles. The van der Waals surface area contributed by atoms with Gasteiger partial charge in [-0.1, -0.05) is 54.6 Å². The van der Waals surface area contributed by atoms with Crippen LogP contribution in [-0.4, -0.2) is 241 Å². The van der Waals surface area contributed by atoms with Crippen LogP contribution in [-0.2, 0) is 47.5 Å². The van der Waals surface area contributed by atoms with Gasteiger partial charge >= 0.3 is 0 Å². The molecule has 26 heteroatoms. The topological polar surface area (TPSA) is 250 Å². The molecular weight excluding hydrogens is 1220 g/mol. The largest absolute Gasteiger partial charge is 0.508 e. The van der Waals surface area contributed by atoms with Gasteiger partial charge in [0.15, 0.2) is 11.5 Å². The number of anilines is 4. The van der Waals surface area contributed by atoms with Gasteiger partial charge in [0.05, 0.1) is 134 Å². The van der Waals surface area contributed by atoms with Crippen LogP contribution in [0, 0.1) is 5.82 Å². The molecule has 496 valence electrons. The minimum atomic E-state index is -0.690. The van der Waals surface area contributed by atoms with Gasteiger partial charge < -0.3 is 78.1 Å². The number of rotatable bonds is 32. The summed E-state index contributed by atoms with van der Waals surface area (Å²) in [6.07, 6.45) is 1.38. The van der Waals surface area contributed by atoms with E-state index in [0.717, 1.165) is 23.3 Å². The number of piperazine rings is 1. The number of hydrogen-bond acceptors (Lipinski definition) is 21. The van der Waals surface area contributed by atoms with E-state index >= 15 is 4.39 Å². The Morgan fingerprint density at radius 1 is 0.699 bits per heavy atom. The van der Waals surface area contributed by atoms with Gasteiger partial charge in [-0.25, -0.2) is 14.4 Å². The van der Waals surface area contributed by atoms with Crippen molar-refractivity contribution >= 4 is 85.6 Å². The monoisotopic (exact) mass is 1300 g/mol. The SMILES string of the molecule is C=CC(=O)N1CCN(c2nc(NCCC(=O)N(C)CCOCCOCCOCCOCCOCCOCCNC(=O)c3cccc(-c4ccc5c(N6CCOC[C@H]6C)nc(N6CCOC[C@H]6C)nc5n4)c3)nc3c(F)c(-c4cc(O)cc5ccccc45)c(Cl)cc23)CC1. The van der Waals surface area contributed by atoms with E-state index in [0.29, 0.717) is 202 Å². The molecule has 0 bridgehead atoms. The van der Waals surface area contributed by atoms with E-state index in [2.05, 4.69) is 45.8 Å². The van der Waals surface area contributed by atoms with E-state index in [4.69, 9.17) is 69.4 Å². The molecule has 3 aromatic heterocycles. The molecule has 3 amide bonds. The standard InChI is InChI=1S/C67H82ClFN12O12/c1-5-57(83)78-18-20-79(21-19-78)63-54-42-55(68)59(53-41-50(82)40-47-9-6-7-12-51(47)53)60(69)61(54)73-66(75-63)71-16-15-58(84)77(4)22-26-87-30-32-89-34-36-91-38-37-90-35-33-88-31-29-86-25-17-70-65(85)49-11-8-10-48(39-49)56-14-13-52-62(72-56)74-67(81-24-28-93-44-46(81)3)76-64(52)80-23-27-92-43-45(80)2/h5-14,39-42,45-46,82H,1,15-38,43-44H2,2-4H3,(H,70,85)(H,71,73,75)/t45-,46-/m1/s1. The fourth-order valence-corrected chi connectivity index (χ4v) is 11.5. The van der Waals surface area contributed by atoms with Gasteiger partial charge in [-0.2, -0.15) is 15.0 Å². The average Bonchev–Trinajstić information content (AvgIpc) is 0.759. The van der Waals surface area contributed by atoms with Crippen molar-refractivity contribution in [2.24, 2.45) is 0 Å². The number of likely N-dealkylation sites (N-methyl/N-ethyl adjacent to an activating group) is 1. The zero-order valence-electron chi connectivity index (χ0n) is 53.0. The number of phenols is 1. The molecule has 7 aromatic rings. The summed E-state index contributed by atoms with van der Waals surface area (Å²) in [6, 6.07) is 23.7. The van der Waals surface area contributed by atoms with Crippen LogP contribution in [0.25, 0.3) is 55.1 Å². The smallest absolute Gasteiger partial charge is 0.251 e. The predicted octanol–water partition coefficient (Wildman–Crippen LogP) is 7.03. The maximum Gasteiger partial charge on any atom is 0.251 e. The Morgan fingerprint density at radius 2 is 1.35 bits per heavy atom. The molecule has 3 N–H and O–H groups in total. The molecule has 0 saturated carbocycles. The van der Waals surface area contributed by atoms with E-state index in [-0.39, 0.29) is 70.6 Å². The number of phenolic OH excluding ortho intramolecular Hbond substituents is 1. The summed E-state index contributed by atoms with van der Waals surface area (Å²) in [5.41, 5.74) is 3.10. The number of fused-ring (bicyclic) bond motifs is 3. The van der Waals surface area contributed by atoms with Crippen LogP contribution in [0.3, 0.4) is 0 Å². The second-order valence-corrected chi connectivity index (χ2v) is 23.1. The quantitative estimate of drug-likeness (QED) is 0.0283. The van der Waals surface area contributed by atoms with Gasteiger partial charge in [0.2, 0.25) is 23.7 Å². The third-order valence-electron chi connectivity index (χ3n) is 16.3. The Labute approximate surface area is 545 Å². The van der Waals surface area contributed by atoms with Gasteiger partial charge in [0.25, 0.3) is 5.91 Å². The van der Waals surface area contributed by atoms with Crippen LogP contribution in [0.5, 0.6) is 5.75 Å². The van der Waals surface area contributed by atoms with Gasteiger partial charge in [-0.15, -0.1) is 0 Å². The molecule has 0 unspecified atom stereocenters. The number of benzene rings is 4. The predicted molar refractivity (Wildman–Crippen MR) is 354 cm³/mol. The first kappa shape index (κ1) is 67.9. The molecule has 3 fully saturated rings. The highest BCUT2D eigenvalue weighted by Gasteiger charge is 2.30. The highest BCUT2D eigenvalue weighted by molar-refractivity contribution is 6.35. The Kier molecular flexibility index (Phi) is 24.6. The average molecular weight is 1300 g/mol. The van der Waals surface area contributed by atoms with Crippen molar-refractivity contribution in [2.45, 2.75) is 32.4 Å². The fraction of sp³-hybridized carbons (Fsp3) is 0.463. The highest BCUT2D eigenvalue weighted by Crippen LogP contribution is 2.43. The molecule has 4 aromatic carbocycles. The Bertz CT molecular complexity index is 3700. The summed E-state index contributed by atoms with van der Waals surface area (Å²) in [6.45, 7) is 18.6. The van der Waals surface area contributed by atoms with Crippen molar-refractivity contribution in [3.63, 3.8) is 0 Å². The number of hydrogen-bond donors (Lipinski definition) is 3. The molecule has 6 heterocycles. The maximum absolute atomic E-state index is 17.0. The van der Waals surface area contributed by atoms with Crippen LogP contribution in [0.2, 0.25) is 5.02 Å². The van der Waals surface area contributed by atoms with Crippen LogP contribution >= 0.6 is 11.6 Å². The van der Waals surface area contributed by atoms with E-state index in [1.807, 2.05) is 59.5 Å². The number of pyridine rings is 1. The highest BCUT2D eigenvalue weighted by atomic mass is 35.5. The number of amides is 3. The van der Waals surface area contributed by atoms with Crippen molar-refractivity contribution in [3.8, 4) is 28.1 Å². The van der Waals surface area contributed by atoms with Crippen LogP contribution in [0.15, 0.2) is 91.5 Å². The molecule has 0 spiro atoms. The van der Waals surface area contributed by atoms with Gasteiger partial charge in [0, 0.05) is 94.4 Å². The Morgan fingerprint density at radius 3 is 2.03 bits per heavy atom. The van der Waals surface area contributed by atoms with Crippen LogP contribution in [0.4, 0.5) is 27.9 Å². The first-order valence-electron chi connectivity index (χ1n) is 31.6. The summed E-state index contributed by atoms with van der Waals surface area (Å²) in [4.78, 5) is 72.9. The summed E-state index contributed by atoms with van der Waals surface area (Å²) < 4.78 is 62.3.